The van der Waals surface area contributed by atoms with Crippen LogP contribution in [-0.4, -0.2) is 70.5 Å². The fourth-order valence-electron chi connectivity index (χ4n) is 5.82. The van der Waals surface area contributed by atoms with Gasteiger partial charge in [0.25, 0.3) is 5.91 Å². The number of aromatic nitrogens is 2. The number of benzene rings is 2. The SMILES string of the molecule is Cc1nn(C[C@H]2COC(C)(C)O2)c(C)c1-c1ccc(OC2CCN(C(=O)Cc3ccc(OC(F)(F)F)cc3)CC2)c(C(N)=O)c1. The fraction of sp³-hybridized carbons (Fsp3) is 0.469. The number of hydrogen-bond donors (Lipinski definition) is 1. The number of carbonyl (C=O) groups is 2. The molecule has 0 bridgehead atoms. The number of likely N-dealkylation sites (tertiary alicyclic amines) is 1. The molecule has 2 N–H and O–H groups in total. The number of carbonyl (C=O) groups excluding carboxylic acids is 2. The summed E-state index contributed by atoms with van der Waals surface area (Å²) >= 11 is 0. The van der Waals surface area contributed by atoms with Gasteiger partial charge in [0.05, 0.1) is 30.8 Å². The first-order valence-corrected chi connectivity index (χ1v) is 14.8. The number of aryl methyl sites for hydroxylation is 1. The quantitative estimate of drug-likeness (QED) is 0.356. The highest BCUT2D eigenvalue weighted by atomic mass is 19.4. The number of halogens is 3. The normalized spacial score (nSPS) is 18.6. The van der Waals surface area contributed by atoms with Crippen molar-refractivity contribution in [3.05, 3.63) is 65.0 Å². The largest absolute Gasteiger partial charge is 0.573 e. The lowest BCUT2D eigenvalue weighted by atomic mass is 10.00. The molecule has 0 aliphatic carbocycles. The summed E-state index contributed by atoms with van der Waals surface area (Å²) < 4.78 is 60.8. The highest BCUT2D eigenvalue weighted by molar-refractivity contribution is 5.97. The molecule has 2 amide bonds. The first-order valence-electron chi connectivity index (χ1n) is 14.8. The molecule has 2 aliphatic heterocycles. The number of nitrogens with two attached hydrogens (primary N) is 1. The van der Waals surface area contributed by atoms with Gasteiger partial charge in [-0.3, -0.25) is 14.3 Å². The number of alkyl halides is 3. The van der Waals surface area contributed by atoms with Gasteiger partial charge in [-0.1, -0.05) is 18.2 Å². The highest BCUT2D eigenvalue weighted by Gasteiger charge is 2.34. The van der Waals surface area contributed by atoms with Crippen molar-refractivity contribution in [2.24, 2.45) is 5.73 Å². The van der Waals surface area contributed by atoms with E-state index in [1.165, 1.54) is 24.3 Å². The monoisotopic (exact) mass is 630 g/mol. The molecule has 0 radical (unpaired) electrons. The standard InChI is InChI=1S/C32H37F3N4O6/c1-19-29(20(2)39(37-19)17-25-18-42-31(3,4)44-25)22-7-10-27(26(16-22)30(36)41)43-23-11-13-38(14-12-23)28(40)15-21-5-8-24(9-6-21)45-32(33,34)35/h5-10,16,23,25H,11-15,17-18H2,1-4H3,(H2,36,41)/t25-/m0/s1. The second-order valence-corrected chi connectivity index (χ2v) is 11.8. The minimum absolute atomic E-state index is 0.0555. The van der Waals surface area contributed by atoms with E-state index in [1.807, 2.05) is 38.4 Å². The van der Waals surface area contributed by atoms with Gasteiger partial charge in [0, 0.05) is 37.2 Å². The highest BCUT2D eigenvalue weighted by Crippen LogP contribution is 2.33. The molecular weight excluding hydrogens is 593 g/mol. The molecule has 0 saturated carbocycles. The third kappa shape index (κ3) is 7.95. The first kappa shape index (κ1) is 32.3. The van der Waals surface area contributed by atoms with Crippen molar-refractivity contribution in [3.63, 3.8) is 0 Å². The summed E-state index contributed by atoms with van der Waals surface area (Å²) in [6.45, 7) is 9.52. The average molecular weight is 631 g/mol. The second-order valence-electron chi connectivity index (χ2n) is 11.8. The average Bonchev–Trinajstić information content (AvgIpc) is 3.45. The molecule has 0 spiro atoms. The molecule has 0 unspecified atom stereocenters. The summed E-state index contributed by atoms with van der Waals surface area (Å²) in [5, 5.41) is 4.71. The Bertz CT molecular complexity index is 1550. The summed E-state index contributed by atoms with van der Waals surface area (Å²) in [7, 11) is 0. The van der Waals surface area contributed by atoms with Gasteiger partial charge in [0.2, 0.25) is 5.91 Å². The maximum Gasteiger partial charge on any atom is 0.573 e. The Balaban J connectivity index is 1.20. The van der Waals surface area contributed by atoms with Crippen LogP contribution in [-0.2, 0) is 27.2 Å². The summed E-state index contributed by atoms with van der Waals surface area (Å²) in [6.07, 6.45) is -4.00. The van der Waals surface area contributed by atoms with E-state index < -0.39 is 18.1 Å². The maximum absolute atomic E-state index is 12.8. The van der Waals surface area contributed by atoms with Crippen molar-refractivity contribution in [2.45, 2.75) is 77.9 Å². The molecule has 2 aromatic carbocycles. The topological polar surface area (TPSA) is 118 Å². The van der Waals surface area contributed by atoms with Crippen molar-refractivity contribution in [1.29, 1.82) is 0 Å². The fourth-order valence-corrected chi connectivity index (χ4v) is 5.82. The lowest BCUT2D eigenvalue weighted by Crippen LogP contribution is -2.42. The van der Waals surface area contributed by atoms with Gasteiger partial charge in [-0.25, -0.2) is 0 Å². The summed E-state index contributed by atoms with van der Waals surface area (Å²) in [4.78, 5) is 27.0. The van der Waals surface area contributed by atoms with Crippen LogP contribution in [0, 0.1) is 13.8 Å². The number of nitrogens with zero attached hydrogens (tertiary/aromatic N) is 3. The zero-order chi connectivity index (χ0) is 32.5. The van der Waals surface area contributed by atoms with E-state index in [2.05, 4.69) is 4.74 Å². The van der Waals surface area contributed by atoms with Crippen LogP contribution in [0.5, 0.6) is 11.5 Å². The zero-order valence-electron chi connectivity index (χ0n) is 25.6. The Morgan fingerprint density at radius 1 is 1.09 bits per heavy atom. The lowest BCUT2D eigenvalue weighted by Gasteiger charge is -2.32. The Kier molecular flexibility index (Phi) is 9.13. The molecule has 3 heterocycles. The molecule has 5 rings (SSSR count). The number of hydrogen-bond acceptors (Lipinski definition) is 7. The zero-order valence-corrected chi connectivity index (χ0v) is 25.6. The van der Waals surface area contributed by atoms with E-state index in [4.69, 9.17) is 25.0 Å². The van der Waals surface area contributed by atoms with Crippen molar-refractivity contribution in [1.82, 2.24) is 14.7 Å². The maximum atomic E-state index is 12.8. The minimum Gasteiger partial charge on any atom is -0.489 e. The predicted octanol–water partition coefficient (Wildman–Crippen LogP) is 4.93. The van der Waals surface area contributed by atoms with E-state index >= 15 is 0 Å². The molecule has 10 nitrogen and oxygen atoms in total. The molecule has 2 aliphatic rings. The number of piperidine rings is 1. The third-order valence-electron chi connectivity index (χ3n) is 7.96. The Hall–Kier alpha value is -4.10. The molecule has 2 saturated heterocycles. The Morgan fingerprint density at radius 2 is 1.78 bits per heavy atom. The van der Waals surface area contributed by atoms with Gasteiger partial charge >= 0.3 is 6.36 Å². The Labute approximate surface area is 259 Å². The van der Waals surface area contributed by atoms with Crippen LogP contribution in [0.15, 0.2) is 42.5 Å². The summed E-state index contributed by atoms with van der Waals surface area (Å²) in [5.41, 5.74) is 10.0. The van der Waals surface area contributed by atoms with Crippen LogP contribution in [0.4, 0.5) is 13.2 Å². The molecule has 1 aromatic heterocycles. The van der Waals surface area contributed by atoms with E-state index in [0.29, 0.717) is 50.4 Å². The van der Waals surface area contributed by atoms with Gasteiger partial charge in [0.15, 0.2) is 5.79 Å². The van der Waals surface area contributed by atoms with E-state index in [9.17, 15) is 22.8 Å². The molecule has 45 heavy (non-hydrogen) atoms. The second kappa shape index (κ2) is 12.7. The Morgan fingerprint density at radius 3 is 2.38 bits per heavy atom. The summed E-state index contributed by atoms with van der Waals surface area (Å²) in [5.74, 6) is -1.35. The van der Waals surface area contributed by atoms with Crippen molar-refractivity contribution >= 4 is 11.8 Å². The van der Waals surface area contributed by atoms with Gasteiger partial charge in [-0.15, -0.1) is 13.2 Å². The molecular formula is C32H37F3N4O6. The molecule has 2 fully saturated rings. The predicted molar refractivity (Wildman–Crippen MR) is 158 cm³/mol. The molecule has 1 atom stereocenters. The smallest absolute Gasteiger partial charge is 0.489 e. The van der Waals surface area contributed by atoms with E-state index in [1.54, 1.807) is 17.0 Å². The number of primary amides is 1. The van der Waals surface area contributed by atoms with Crippen LogP contribution in [0.1, 0.15) is 54.0 Å². The van der Waals surface area contributed by atoms with Gasteiger partial charge in [-0.2, -0.15) is 5.10 Å². The van der Waals surface area contributed by atoms with Gasteiger partial charge < -0.3 is 29.6 Å². The number of rotatable bonds is 9. The molecule has 242 valence electrons. The van der Waals surface area contributed by atoms with Crippen LogP contribution in [0.2, 0.25) is 0 Å². The van der Waals surface area contributed by atoms with Crippen molar-refractivity contribution < 1.29 is 41.7 Å². The lowest BCUT2D eigenvalue weighted by molar-refractivity contribution is -0.274. The molecule has 13 heteroatoms. The summed E-state index contributed by atoms with van der Waals surface area (Å²) in [6, 6.07) is 10.6. The third-order valence-corrected chi connectivity index (χ3v) is 7.96. The van der Waals surface area contributed by atoms with Crippen LogP contribution >= 0.6 is 0 Å². The van der Waals surface area contributed by atoms with E-state index in [0.717, 1.165) is 22.5 Å². The number of ether oxygens (including phenoxy) is 4. The first-order chi connectivity index (χ1) is 21.2. The number of amides is 2. The van der Waals surface area contributed by atoms with E-state index in [-0.39, 0.29) is 35.8 Å². The minimum atomic E-state index is -4.77. The van der Waals surface area contributed by atoms with Crippen molar-refractivity contribution in [2.75, 3.05) is 19.7 Å². The molecule has 3 aromatic rings. The van der Waals surface area contributed by atoms with Gasteiger partial charge in [0.1, 0.15) is 23.7 Å². The van der Waals surface area contributed by atoms with Crippen LogP contribution < -0.4 is 15.2 Å². The van der Waals surface area contributed by atoms with Gasteiger partial charge in [-0.05, 0) is 63.1 Å². The van der Waals surface area contributed by atoms with Crippen LogP contribution in [0.3, 0.4) is 0 Å². The van der Waals surface area contributed by atoms with Crippen molar-refractivity contribution in [3.8, 4) is 22.6 Å². The van der Waals surface area contributed by atoms with Crippen LogP contribution in [0.25, 0.3) is 11.1 Å².